The first kappa shape index (κ1) is 14.9. The third-order valence-corrected chi connectivity index (χ3v) is 2.37. The topological polar surface area (TPSA) is 55.1 Å². The largest absolute Gasteiger partial charge is 0.352 e. The van der Waals surface area contributed by atoms with Crippen LogP contribution in [0.2, 0.25) is 0 Å². The third kappa shape index (κ3) is 4.64. The standard InChI is InChI=1S/C12H18N2O.ClH/c1-9-5-3-4-6-11(9)7-12(15)14-10(2)8-13;/h3-6,10H,7-8,13H2,1-2H3,(H,14,15);1H/t10-;/m1./s1. The number of benzene rings is 1. The van der Waals surface area contributed by atoms with Crippen molar-refractivity contribution in [1.29, 1.82) is 0 Å². The number of nitrogens with two attached hydrogens (primary N) is 1. The minimum Gasteiger partial charge on any atom is -0.352 e. The van der Waals surface area contributed by atoms with Gasteiger partial charge in [0.15, 0.2) is 0 Å². The molecule has 4 heteroatoms. The summed E-state index contributed by atoms with van der Waals surface area (Å²) < 4.78 is 0. The number of rotatable bonds is 4. The van der Waals surface area contributed by atoms with Gasteiger partial charge in [-0.05, 0) is 25.0 Å². The predicted octanol–water partition coefficient (Wildman–Crippen LogP) is 1.42. The molecule has 0 saturated carbocycles. The van der Waals surface area contributed by atoms with Crippen molar-refractivity contribution >= 4 is 18.3 Å². The number of amides is 1. The van der Waals surface area contributed by atoms with Crippen LogP contribution >= 0.6 is 12.4 Å². The molecular weight excluding hydrogens is 224 g/mol. The Morgan fingerprint density at radius 3 is 2.62 bits per heavy atom. The Bertz CT molecular complexity index is 342. The van der Waals surface area contributed by atoms with Gasteiger partial charge in [-0.1, -0.05) is 24.3 Å². The van der Waals surface area contributed by atoms with Crippen molar-refractivity contribution in [1.82, 2.24) is 5.32 Å². The predicted molar refractivity (Wildman–Crippen MR) is 68.8 cm³/mol. The van der Waals surface area contributed by atoms with E-state index < -0.39 is 0 Å². The first-order valence-electron chi connectivity index (χ1n) is 5.17. The molecule has 0 fully saturated rings. The van der Waals surface area contributed by atoms with Crippen LogP contribution in [0.3, 0.4) is 0 Å². The van der Waals surface area contributed by atoms with Gasteiger partial charge < -0.3 is 11.1 Å². The molecule has 0 spiro atoms. The van der Waals surface area contributed by atoms with Gasteiger partial charge >= 0.3 is 0 Å². The van der Waals surface area contributed by atoms with Gasteiger partial charge in [-0.2, -0.15) is 0 Å². The Balaban J connectivity index is 0.00000225. The van der Waals surface area contributed by atoms with Crippen LogP contribution in [0.4, 0.5) is 0 Å². The second-order valence-electron chi connectivity index (χ2n) is 3.81. The molecule has 1 amide bonds. The van der Waals surface area contributed by atoms with E-state index in [4.69, 9.17) is 5.73 Å². The molecule has 0 bridgehead atoms. The number of carbonyl (C=O) groups excluding carboxylic acids is 1. The summed E-state index contributed by atoms with van der Waals surface area (Å²) >= 11 is 0. The normalized spacial score (nSPS) is 11.4. The Morgan fingerprint density at radius 2 is 2.06 bits per heavy atom. The molecule has 3 N–H and O–H groups in total. The maximum absolute atomic E-state index is 11.6. The molecule has 0 aromatic heterocycles. The van der Waals surface area contributed by atoms with E-state index in [1.807, 2.05) is 38.1 Å². The second kappa shape index (κ2) is 7.25. The van der Waals surface area contributed by atoms with Gasteiger partial charge in [-0.3, -0.25) is 4.79 Å². The van der Waals surface area contributed by atoms with Crippen molar-refractivity contribution < 1.29 is 4.79 Å². The smallest absolute Gasteiger partial charge is 0.224 e. The van der Waals surface area contributed by atoms with E-state index in [1.54, 1.807) is 0 Å². The van der Waals surface area contributed by atoms with E-state index in [2.05, 4.69) is 5.32 Å². The van der Waals surface area contributed by atoms with Gasteiger partial charge in [-0.25, -0.2) is 0 Å². The summed E-state index contributed by atoms with van der Waals surface area (Å²) in [5.74, 6) is 0.0299. The number of halogens is 1. The van der Waals surface area contributed by atoms with Crippen LogP contribution < -0.4 is 11.1 Å². The van der Waals surface area contributed by atoms with Gasteiger partial charge in [0.2, 0.25) is 5.91 Å². The molecular formula is C12H19ClN2O. The van der Waals surface area contributed by atoms with Crippen LogP contribution in [0.1, 0.15) is 18.1 Å². The summed E-state index contributed by atoms with van der Waals surface area (Å²) in [6.07, 6.45) is 0.428. The summed E-state index contributed by atoms with van der Waals surface area (Å²) in [7, 11) is 0. The van der Waals surface area contributed by atoms with Crippen LogP contribution in [0.25, 0.3) is 0 Å². The molecule has 0 unspecified atom stereocenters. The summed E-state index contributed by atoms with van der Waals surface area (Å²) in [6.45, 7) is 4.38. The highest BCUT2D eigenvalue weighted by Gasteiger charge is 2.07. The lowest BCUT2D eigenvalue weighted by Gasteiger charge is -2.11. The lowest BCUT2D eigenvalue weighted by Crippen LogP contribution is -2.38. The van der Waals surface area contributed by atoms with Gasteiger partial charge in [0.05, 0.1) is 6.42 Å². The molecule has 16 heavy (non-hydrogen) atoms. The highest BCUT2D eigenvalue weighted by molar-refractivity contribution is 5.85. The number of carbonyl (C=O) groups is 1. The van der Waals surface area contributed by atoms with E-state index in [1.165, 1.54) is 0 Å². The monoisotopic (exact) mass is 242 g/mol. The van der Waals surface area contributed by atoms with Crippen LogP contribution in [-0.4, -0.2) is 18.5 Å². The average molecular weight is 243 g/mol. The lowest BCUT2D eigenvalue weighted by atomic mass is 10.1. The lowest BCUT2D eigenvalue weighted by molar-refractivity contribution is -0.121. The first-order chi connectivity index (χ1) is 7.13. The molecule has 0 aliphatic heterocycles. The molecule has 1 rings (SSSR count). The fourth-order valence-electron chi connectivity index (χ4n) is 1.37. The minimum atomic E-state index is 0. The summed E-state index contributed by atoms with van der Waals surface area (Å²) in [5, 5.41) is 2.84. The second-order valence-corrected chi connectivity index (χ2v) is 3.81. The highest BCUT2D eigenvalue weighted by atomic mass is 35.5. The minimum absolute atomic E-state index is 0. The zero-order valence-electron chi connectivity index (χ0n) is 9.69. The zero-order valence-corrected chi connectivity index (χ0v) is 10.5. The van der Waals surface area contributed by atoms with E-state index >= 15 is 0 Å². The molecule has 0 heterocycles. The molecule has 3 nitrogen and oxygen atoms in total. The quantitative estimate of drug-likeness (QED) is 0.839. The first-order valence-corrected chi connectivity index (χ1v) is 5.17. The van der Waals surface area contributed by atoms with Gasteiger partial charge in [0, 0.05) is 12.6 Å². The van der Waals surface area contributed by atoms with E-state index in [0.29, 0.717) is 13.0 Å². The van der Waals surface area contributed by atoms with E-state index in [-0.39, 0.29) is 24.4 Å². The Hall–Kier alpha value is -1.06. The fraction of sp³-hybridized carbons (Fsp3) is 0.417. The number of nitrogens with one attached hydrogen (secondary N) is 1. The Labute approximate surface area is 103 Å². The average Bonchev–Trinajstić information content (AvgIpc) is 2.21. The van der Waals surface area contributed by atoms with E-state index in [0.717, 1.165) is 11.1 Å². The SMILES string of the molecule is Cc1ccccc1CC(=O)N[C@H](C)CN.Cl. The maximum atomic E-state index is 11.6. The van der Waals surface area contributed by atoms with Crippen molar-refractivity contribution in [3.63, 3.8) is 0 Å². The summed E-state index contributed by atoms with van der Waals surface area (Å²) in [5.41, 5.74) is 7.64. The molecule has 1 aromatic carbocycles. The van der Waals surface area contributed by atoms with Crippen molar-refractivity contribution in [3.05, 3.63) is 35.4 Å². The third-order valence-electron chi connectivity index (χ3n) is 2.37. The number of hydrogen-bond acceptors (Lipinski definition) is 2. The van der Waals surface area contributed by atoms with Crippen LogP contribution in [0, 0.1) is 6.92 Å². The van der Waals surface area contributed by atoms with Crippen molar-refractivity contribution in [2.24, 2.45) is 5.73 Å². The molecule has 0 saturated heterocycles. The summed E-state index contributed by atoms with van der Waals surface area (Å²) in [4.78, 5) is 11.6. The molecule has 1 atom stereocenters. The van der Waals surface area contributed by atoms with Gasteiger partial charge in [0.1, 0.15) is 0 Å². The highest BCUT2D eigenvalue weighted by Crippen LogP contribution is 2.07. The molecule has 0 aliphatic rings. The Morgan fingerprint density at radius 1 is 1.44 bits per heavy atom. The molecule has 0 radical (unpaired) electrons. The fourth-order valence-corrected chi connectivity index (χ4v) is 1.37. The van der Waals surface area contributed by atoms with Gasteiger partial charge in [-0.15, -0.1) is 12.4 Å². The molecule has 90 valence electrons. The van der Waals surface area contributed by atoms with Crippen LogP contribution in [0.15, 0.2) is 24.3 Å². The van der Waals surface area contributed by atoms with Crippen molar-refractivity contribution in [2.75, 3.05) is 6.54 Å². The molecule has 1 aromatic rings. The maximum Gasteiger partial charge on any atom is 0.224 e. The van der Waals surface area contributed by atoms with Gasteiger partial charge in [0.25, 0.3) is 0 Å². The Kier molecular flexibility index (Phi) is 6.77. The number of aryl methyl sites for hydroxylation is 1. The van der Waals surface area contributed by atoms with E-state index in [9.17, 15) is 4.79 Å². The number of hydrogen-bond donors (Lipinski definition) is 2. The van der Waals surface area contributed by atoms with Crippen molar-refractivity contribution in [3.8, 4) is 0 Å². The molecule has 0 aliphatic carbocycles. The van der Waals surface area contributed by atoms with Crippen molar-refractivity contribution in [2.45, 2.75) is 26.3 Å². The van der Waals surface area contributed by atoms with Crippen LogP contribution in [-0.2, 0) is 11.2 Å². The zero-order chi connectivity index (χ0) is 11.3. The summed E-state index contributed by atoms with van der Waals surface area (Å²) in [6, 6.07) is 7.94. The van der Waals surface area contributed by atoms with Crippen LogP contribution in [0.5, 0.6) is 0 Å².